The number of carbonyl (C=O) groups excluding carboxylic acids is 7. The minimum Gasteiger partial charge on any atom is -0.462 e. The average molecular weight is 1040 g/mol. The van der Waals surface area contributed by atoms with Crippen LogP contribution in [-0.2, 0) is 31.0 Å². The number of piperazine rings is 1. The first-order chi connectivity index (χ1) is 36.8. The number of anilines is 4. The van der Waals surface area contributed by atoms with E-state index in [-0.39, 0.29) is 60.5 Å². The van der Waals surface area contributed by atoms with Gasteiger partial charge in [-0.3, -0.25) is 48.6 Å². The molecule has 3 N–H and O–H groups in total. The van der Waals surface area contributed by atoms with Crippen molar-refractivity contribution in [3.05, 3.63) is 53.5 Å². The first kappa shape index (κ1) is 51.6. The highest BCUT2D eigenvalue weighted by Gasteiger charge is 2.48. The van der Waals surface area contributed by atoms with E-state index in [1.54, 1.807) is 29.9 Å². The smallest absolute Gasteiger partial charge is 0.343 e. The lowest BCUT2D eigenvalue weighted by atomic mass is 9.71. The van der Waals surface area contributed by atoms with Crippen molar-refractivity contribution < 1.29 is 38.3 Å². The lowest BCUT2D eigenvalue weighted by molar-refractivity contribution is -0.143. The third kappa shape index (κ3) is 10.8. The largest absolute Gasteiger partial charge is 0.462 e. The summed E-state index contributed by atoms with van der Waals surface area (Å²) in [6.45, 7) is 11.8. The molecule has 21 nitrogen and oxygen atoms in total. The minimum absolute atomic E-state index is 0.00588. The monoisotopic (exact) mass is 1040 g/mol. The topological polar surface area (TPSA) is 228 Å². The Morgan fingerprint density at radius 1 is 0.776 bits per heavy atom. The summed E-state index contributed by atoms with van der Waals surface area (Å²) in [6.07, 6.45) is 16.5. The summed E-state index contributed by atoms with van der Waals surface area (Å²) in [4.78, 5) is 113. The number of carbonyl (C=O) groups is 7. The molecule has 7 fully saturated rings. The molecule has 1 atom stereocenters. The van der Waals surface area contributed by atoms with Crippen LogP contribution in [-0.4, -0.2) is 182 Å². The number of likely N-dealkylation sites (tertiary alicyclic amines) is 2. The molecule has 1 unspecified atom stereocenters. The number of nitrogens with zero attached hydrogens (tertiary/aromatic N) is 10. The molecule has 2 aromatic heterocycles. The second kappa shape index (κ2) is 21.9. The normalized spacial score (nSPS) is 26.5. The number of amides is 6. The van der Waals surface area contributed by atoms with Crippen molar-refractivity contribution in [1.82, 2.24) is 49.6 Å². The van der Waals surface area contributed by atoms with Gasteiger partial charge in [-0.25, -0.2) is 9.78 Å². The molecular formula is C55H73N13O8. The Bertz CT molecular complexity index is 2700. The SMILES string of the molecule is CCOC(=O)c1cnc(Nc2cnn(C)c2)nc1NC1CCC(N2CCN(C(=O)C3CCC(C(=O)N4CCC(CN5CCC6(CC5)CN(c5ccc7c(c5)C(=O)N(C5CCC(=O)NC5=O)C7=O)C6)CC4)CC3)CC2)CC1. The number of aromatic nitrogens is 4. The van der Waals surface area contributed by atoms with Gasteiger partial charge in [-0.15, -0.1) is 0 Å². The molecule has 6 amide bonds. The summed E-state index contributed by atoms with van der Waals surface area (Å²) in [5, 5.41) is 13.1. The Kier molecular flexibility index (Phi) is 14.9. The molecule has 11 rings (SSSR count). The zero-order valence-corrected chi connectivity index (χ0v) is 44.1. The van der Waals surface area contributed by atoms with E-state index in [4.69, 9.17) is 4.74 Å². The highest BCUT2D eigenvalue weighted by molar-refractivity contribution is 6.23. The molecule has 21 heteroatoms. The van der Waals surface area contributed by atoms with Gasteiger partial charge >= 0.3 is 5.97 Å². The highest BCUT2D eigenvalue weighted by Crippen LogP contribution is 2.44. The van der Waals surface area contributed by atoms with Gasteiger partial charge in [-0.05, 0) is 128 Å². The van der Waals surface area contributed by atoms with Crippen LogP contribution in [0.4, 0.5) is 23.1 Å². The van der Waals surface area contributed by atoms with E-state index >= 15 is 0 Å². The first-order valence-electron chi connectivity index (χ1n) is 28.0. The molecule has 76 heavy (non-hydrogen) atoms. The Hall–Kier alpha value is -6.48. The van der Waals surface area contributed by atoms with Crippen LogP contribution in [0.2, 0.25) is 0 Å². The second-order valence-corrected chi connectivity index (χ2v) is 22.9. The van der Waals surface area contributed by atoms with Crippen LogP contribution in [0.25, 0.3) is 0 Å². The average Bonchev–Trinajstić information content (AvgIpc) is 3.97. The number of hydrogen-bond acceptors (Lipinski definition) is 16. The van der Waals surface area contributed by atoms with Crippen molar-refractivity contribution in [2.75, 3.05) is 94.1 Å². The maximum Gasteiger partial charge on any atom is 0.343 e. The number of rotatable bonds is 13. The van der Waals surface area contributed by atoms with Crippen LogP contribution < -0.4 is 20.9 Å². The van der Waals surface area contributed by atoms with Crippen LogP contribution in [0.1, 0.15) is 128 Å². The maximum atomic E-state index is 13.8. The van der Waals surface area contributed by atoms with E-state index in [9.17, 15) is 33.6 Å². The lowest BCUT2D eigenvalue weighted by Gasteiger charge is -2.55. The first-order valence-corrected chi connectivity index (χ1v) is 28.0. The number of nitrogens with one attached hydrogen (secondary N) is 3. The summed E-state index contributed by atoms with van der Waals surface area (Å²) in [5.41, 5.74) is 2.82. The molecule has 0 bridgehead atoms. The van der Waals surface area contributed by atoms with E-state index in [0.717, 1.165) is 165 Å². The molecule has 1 aromatic carbocycles. The van der Waals surface area contributed by atoms with Gasteiger partial charge in [0.15, 0.2) is 0 Å². The highest BCUT2D eigenvalue weighted by atomic mass is 16.5. The molecule has 2 saturated carbocycles. The predicted octanol–water partition coefficient (Wildman–Crippen LogP) is 4.05. The fourth-order valence-corrected chi connectivity index (χ4v) is 13.5. The van der Waals surface area contributed by atoms with Gasteiger partial charge in [0, 0.05) is 120 Å². The van der Waals surface area contributed by atoms with E-state index in [1.807, 2.05) is 19.3 Å². The summed E-state index contributed by atoms with van der Waals surface area (Å²) < 4.78 is 7.00. The van der Waals surface area contributed by atoms with E-state index in [0.29, 0.717) is 40.4 Å². The summed E-state index contributed by atoms with van der Waals surface area (Å²) in [7, 11) is 1.83. The van der Waals surface area contributed by atoms with Gasteiger partial charge in [-0.1, -0.05) is 0 Å². The van der Waals surface area contributed by atoms with Gasteiger partial charge in [0.25, 0.3) is 11.8 Å². The Labute approximate surface area is 443 Å². The number of esters is 1. The van der Waals surface area contributed by atoms with Crippen LogP contribution in [0, 0.1) is 23.2 Å². The number of ether oxygens (including phenoxy) is 1. The third-order valence-corrected chi connectivity index (χ3v) is 18.1. The molecule has 0 radical (unpaired) electrons. The molecule has 5 saturated heterocycles. The quantitative estimate of drug-likeness (QED) is 0.162. The number of hydrogen-bond donors (Lipinski definition) is 3. The van der Waals surface area contributed by atoms with Crippen LogP contribution >= 0.6 is 0 Å². The third-order valence-electron chi connectivity index (χ3n) is 18.1. The number of aryl methyl sites for hydroxylation is 1. The molecule has 8 aliphatic rings. The molecule has 8 heterocycles. The summed E-state index contributed by atoms with van der Waals surface area (Å²) in [6, 6.07) is 5.00. The van der Waals surface area contributed by atoms with E-state index in [2.05, 4.69) is 55.5 Å². The van der Waals surface area contributed by atoms with Gasteiger partial charge in [0.2, 0.25) is 29.6 Å². The number of fused-ring (bicyclic) bond motifs is 1. The molecule has 406 valence electrons. The maximum absolute atomic E-state index is 13.8. The van der Waals surface area contributed by atoms with Crippen molar-refractivity contribution in [3.63, 3.8) is 0 Å². The van der Waals surface area contributed by atoms with Gasteiger partial charge < -0.3 is 35.0 Å². The fourth-order valence-electron chi connectivity index (χ4n) is 13.5. The van der Waals surface area contributed by atoms with Gasteiger partial charge in [-0.2, -0.15) is 10.1 Å². The standard InChI is InChI=1S/C55H73N13O8/c1-3-76-53(75)44-30-56-54(59-39-29-57-62(2)32-39)61-47(44)58-38-8-10-40(11-9-38)64-24-26-66(27-25-64)50(72)37-6-4-36(5-7-37)49(71)65-20-16-35(17-21-65)31-63-22-18-55(19-23-63)33-67(34-55)41-12-13-42-43(28-41)52(74)68(51(42)73)45-14-15-46(69)60-48(45)70/h12-13,28-30,32,35-38,40,45H,3-11,14-27,31,33-34H2,1-2H3,(H,60,69,70)(H2,56,58,59,61). The van der Waals surface area contributed by atoms with Gasteiger partial charge in [0.1, 0.15) is 17.4 Å². The van der Waals surface area contributed by atoms with E-state index < -0.39 is 29.7 Å². The Morgan fingerprint density at radius 2 is 1.45 bits per heavy atom. The van der Waals surface area contributed by atoms with Crippen LogP contribution in [0.15, 0.2) is 36.8 Å². The zero-order valence-electron chi connectivity index (χ0n) is 44.1. The Balaban J connectivity index is 0.565. The molecule has 3 aromatic rings. The predicted molar refractivity (Wildman–Crippen MR) is 280 cm³/mol. The molecule has 1 spiro atoms. The molecule has 6 aliphatic heterocycles. The lowest BCUT2D eigenvalue weighted by Crippen LogP contribution is -2.60. The zero-order chi connectivity index (χ0) is 52.7. The van der Waals surface area contributed by atoms with Crippen molar-refractivity contribution in [2.45, 2.75) is 115 Å². The minimum atomic E-state index is -0.972. The van der Waals surface area contributed by atoms with Crippen molar-refractivity contribution >= 4 is 64.6 Å². The Morgan fingerprint density at radius 3 is 2.09 bits per heavy atom. The number of imide groups is 2. The van der Waals surface area contributed by atoms with Crippen LogP contribution in [0.3, 0.4) is 0 Å². The summed E-state index contributed by atoms with van der Waals surface area (Å²) in [5.74, 6) is -0.475. The van der Waals surface area contributed by atoms with Gasteiger partial charge in [0.05, 0.1) is 29.6 Å². The number of piperidine rings is 3. The van der Waals surface area contributed by atoms with Crippen molar-refractivity contribution in [1.29, 1.82) is 0 Å². The van der Waals surface area contributed by atoms with E-state index in [1.165, 1.54) is 6.20 Å². The fraction of sp³-hybridized carbons (Fsp3) is 0.636. The molecular weight excluding hydrogens is 971 g/mol. The van der Waals surface area contributed by atoms with Crippen molar-refractivity contribution in [2.24, 2.45) is 30.2 Å². The summed E-state index contributed by atoms with van der Waals surface area (Å²) >= 11 is 0. The molecule has 2 aliphatic carbocycles. The second-order valence-electron chi connectivity index (χ2n) is 22.9. The van der Waals surface area contributed by atoms with Crippen LogP contribution in [0.5, 0.6) is 0 Å². The van der Waals surface area contributed by atoms with Crippen molar-refractivity contribution in [3.8, 4) is 0 Å². The number of benzene rings is 1.